The van der Waals surface area contributed by atoms with Crippen molar-refractivity contribution in [1.82, 2.24) is 4.98 Å². The molecule has 1 aliphatic carbocycles. The molecule has 178 valence electrons. The van der Waals surface area contributed by atoms with Gasteiger partial charge in [0.25, 0.3) is 0 Å². The average Bonchev–Trinajstić information content (AvgIpc) is 2.74. The topological polar surface area (TPSA) is 73.3 Å². The second-order valence-corrected chi connectivity index (χ2v) is 11.4. The molecular weight excluding hydrogens is 454 g/mol. The van der Waals surface area contributed by atoms with Gasteiger partial charge < -0.3 is 4.18 Å². The summed E-state index contributed by atoms with van der Waals surface area (Å²) in [7, 11) is -3.75. The first-order valence-corrected chi connectivity index (χ1v) is 14.3. The van der Waals surface area contributed by atoms with Gasteiger partial charge in [-0.2, -0.15) is 8.42 Å². The lowest BCUT2D eigenvalue weighted by Gasteiger charge is -2.28. The van der Waals surface area contributed by atoms with Gasteiger partial charge in [-0.05, 0) is 73.1 Å². The normalized spacial score (nSPS) is 16.9. The van der Waals surface area contributed by atoms with E-state index in [9.17, 15) is 13.2 Å². The lowest BCUT2D eigenvalue weighted by molar-refractivity contribution is -0.115. The Labute approximate surface area is 202 Å². The molecule has 0 aliphatic heterocycles. The molecule has 33 heavy (non-hydrogen) atoms. The number of hydrogen-bond acceptors (Lipinski definition) is 6. The summed E-state index contributed by atoms with van der Waals surface area (Å²) in [6.07, 6.45) is 6.03. The van der Waals surface area contributed by atoms with Gasteiger partial charge in [0.15, 0.2) is 5.78 Å². The minimum absolute atomic E-state index is 0.0309. The molecule has 1 atom stereocenters. The van der Waals surface area contributed by atoms with E-state index in [0.717, 1.165) is 64.1 Å². The zero-order valence-corrected chi connectivity index (χ0v) is 21.7. The number of hydrogen-bond donors (Lipinski definition) is 0. The summed E-state index contributed by atoms with van der Waals surface area (Å²) >= 11 is 1.65. The zero-order chi connectivity index (χ0) is 24.2. The van der Waals surface area contributed by atoms with Crippen LogP contribution in [0.15, 0.2) is 41.2 Å². The van der Waals surface area contributed by atoms with Crippen LogP contribution in [0, 0.1) is 19.8 Å². The average molecular weight is 488 g/mol. The number of benzene rings is 1. The second-order valence-electron chi connectivity index (χ2n) is 8.76. The summed E-state index contributed by atoms with van der Waals surface area (Å²) in [5.74, 6) is 1.11. The number of nitrogens with zero attached hydrogens (tertiary/aromatic N) is 1. The molecular formula is C26H33NO4S2. The van der Waals surface area contributed by atoms with Crippen molar-refractivity contribution in [1.29, 1.82) is 0 Å². The van der Waals surface area contributed by atoms with E-state index >= 15 is 0 Å². The van der Waals surface area contributed by atoms with Crippen LogP contribution in [0.5, 0.6) is 0 Å². The summed E-state index contributed by atoms with van der Waals surface area (Å²) in [6.45, 7) is 8.16. The van der Waals surface area contributed by atoms with Crippen LogP contribution in [0.4, 0.5) is 0 Å². The molecule has 0 spiro atoms. The van der Waals surface area contributed by atoms with Crippen molar-refractivity contribution in [2.45, 2.75) is 64.8 Å². The van der Waals surface area contributed by atoms with Gasteiger partial charge in [0.05, 0.1) is 16.9 Å². The number of ketones is 1. The van der Waals surface area contributed by atoms with Crippen molar-refractivity contribution < 1.29 is 17.4 Å². The van der Waals surface area contributed by atoms with E-state index in [2.05, 4.69) is 31.0 Å². The minimum atomic E-state index is -3.75. The lowest BCUT2D eigenvalue weighted by atomic mass is 9.79. The van der Waals surface area contributed by atoms with E-state index in [1.807, 2.05) is 32.2 Å². The highest BCUT2D eigenvalue weighted by atomic mass is 32.2. The Kier molecular flexibility index (Phi) is 8.40. The first kappa shape index (κ1) is 25.5. The third-order valence-electron chi connectivity index (χ3n) is 5.88. The maximum atomic E-state index is 13.4. The highest BCUT2D eigenvalue weighted by molar-refractivity contribution is 7.99. The van der Waals surface area contributed by atoms with Gasteiger partial charge >= 0.3 is 10.1 Å². The van der Waals surface area contributed by atoms with Crippen molar-refractivity contribution in [3.8, 4) is 0 Å². The zero-order valence-electron chi connectivity index (χ0n) is 20.1. The highest BCUT2D eigenvalue weighted by Gasteiger charge is 2.33. The number of allylic oxidation sites excluding steroid dienone is 2. The van der Waals surface area contributed by atoms with Crippen LogP contribution in [-0.4, -0.2) is 31.2 Å². The first-order valence-electron chi connectivity index (χ1n) is 11.4. The third-order valence-corrected chi connectivity index (χ3v) is 7.36. The van der Waals surface area contributed by atoms with Gasteiger partial charge in [0, 0.05) is 19.0 Å². The molecule has 1 aliphatic rings. The Balaban J connectivity index is 1.92. The Morgan fingerprint density at radius 2 is 1.73 bits per heavy atom. The molecule has 1 aromatic carbocycles. The summed E-state index contributed by atoms with van der Waals surface area (Å²) in [5, 5.41) is 0.950. The predicted octanol–water partition coefficient (Wildman–Crippen LogP) is 5.67. The maximum Gasteiger partial charge on any atom is 0.305 e. The Morgan fingerprint density at radius 1 is 1.06 bits per heavy atom. The Bertz CT molecular complexity index is 1130. The molecule has 7 heteroatoms. The summed E-state index contributed by atoms with van der Waals surface area (Å²) < 4.78 is 29.7. The Hall–Kier alpha value is -2.12. The van der Waals surface area contributed by atoms with Gasteiger partial charge in [-0.1, -0.05) is 37.6 Å². The number of carbonyl (C=O) groups is 1. The monoisotopic (exact) mass is 487 g/mol. The predicted molar refractivity (Wildman–Crippen MR) is 135 cm³/mol. The molecule has 1 unspecified atom stereocenters. The van der Waals surface area contributed by atoms with Crippen LogP contribution in [0.25, 0.3) is 5.57 Å². The van der Waals surface area contributed by atoms with Crippen LogP contribution >= 0.6 is 11.8 Å². The number of rotatable bonds is 9. The number of pyridine rings is 1. The molecule has 1 aromatic heterocycles. The summed E-state index contributed by atoms with van der Waals surface area (Å²) in [6, 6.07) is 8.21. The number of carbonyl (C=O) groups excluding carboxylic acids is 1. The van der Waals surface area contributed by atoms with Crippen LogP contribution in [-0.2, 0) is 31.9 Å². The molecule has 0 saturated heterocycles. The van der Waals surface area contributed by atoms with Crippen molar-refractivity contribution in [2.75, 3.05) is 12.0 Å². The molecule has 0 radical (unpaired) electrons. The molecule has 2 aromatic rings. The number of aromatic nitrogens is 1. The highest BCUT2D eigenvalue weighted by Crippen LogP contribution is 2.39. The van der Waals surface area contributed by atoms with E-state index < -0.39 is 10.1 Å². The molecule has 0 fully saturated rings. The fourth-order valence-electron chi connectivity index (χ4n) is 4.39. The van der Waals surface area contributed by atoms with E-state index in [1.165, 1.54) is 0 Å². The van der Waals surface area contributed by atoms with Crippen molar-refractivity contribution in [3.05, 3.63) is 64.0 Å². The molecule has 5 nitrogen and oxygen atoms in total. The summed E-state index contributed by atoms with van der Waals surface area (Å²) in [4.78, 5) is 17.9. The number of Topliss-reactive ketones (excluding diaryl/α,β-unsaturated/α-hetero) is 1. The maximum absolute atomic E-state index is 13.4. The summed E-state index contributed by atoms with van der Waals surface area (Å²) in [5.41, 5.74) is 5.70. The molecule has 0 saturated carbocycles. The van der Waals surface area contributed by atoms with Crippen LogP contribution in [0.3, 0.4) is 0 Å². The van der Waals surface area contributed by atoms with Crippen LogP contribution < -0.4 is 0 Å². The third kappa shape index (κ3) is 6.70. The van der Waals surface area contributed by atoms with E-state index in [4.69, 9.17) is 4.18 Å². The van der Waals surface area contributed by atoms with E-state index in [-0.39, 0.29) is 11.7 Å². The number of thioether (sulfide) groups is 1. The van der Waals surface area contributed by atoms with Crippen molar-refractivity contribution in [2.24, 2.45) is 5.92 Å². The second kappa shape index (κ2) is 10.9. The quantitative estimate of drug-likeness (QED) is 0.335. The van der Waals surface area contributed by atoms with Crippen LogP contribution in [0.2, 0.25) is 0 Å². The Morgan fingerprint density at radius 3 is 2.27 bits per heavy atom. The van der Waals surface area contributed by atoms with Gasteiger partial charge in [0.1, 0.15) is 5.76 Å². The fourth-order valence-corrected chi connectivity index (χ4v) is 5.86. The van der Waals surface area contributed by atoms with Gasteiger partial charge in [-0.3, -0.25) is 4.79 Å². The van der Waals surface area contributed by atoms with Gasteiger partial charge in [-0.25, -0.2) is 4.98 Å². The van der Waals surface area contributed by atoms with E-state index in [1.54, 1.807) is 11.8 Å². The molecule has 1 heterocycles. The van der Waals surface area contributed by atoms with Gasteiger partial charge in [-0.15, -0.1) is 11.8 Å². The van der Waals surface area contributed by atoms with Crippen molar-refractivity contribution in [3.63, 3.8) is 0 Å². The smallest absolute Gasteiger partial charge is 0.305 e. The van der Waals surface area contributed by atoms with E-state index in [0.29, 0.717) is 24.2 Å². The van der Waals surface area contributed by atoms with Gasteiger partial charge in [0.2, 0.25) is 0 Å². The van der Waals surface area contributed by atoms with Crippen LogP contribution in [0.1, 0.15) is 60.9 Å². The molecule has 0 amide bonds. The van der Waals surface area contributed by atoms with Crippen molar-refractivity contribution >= 4 is 33.2 Å². The largest absolute Gasteiger partial charge is 0.386 e. The SMILES string of the molecule is CCc1cc(C)cc(CC)c1C1=C(OS(C)(=O)=O)CC(CCSc2ccc(C)cn2)CC1=O. The minimum Gasteiger partial charge on any atom is -0.386 e. The molecule has 3 rings (SSSR count). The molecule has 0 bridgehead atoms. The lowest BCUT2D eigenvalue weighted by Crippen LogP contribution is -2.23. The number of aryl methyl sites for hydroxylation is 4. The molecule has 0 N–H and O–H groups in total. The first-order chi connectivity index (χ1) is 15.6. The fraction of sp³-hybridized carbons (Fsp3) is 0.462. The standard InChI is InChI=1S/C26H33NO4S2/c1-6-20-12-18(4)13-21(7-2)25(20)26-22(28)14-19(15-23(26)31-33(5,29)30)10-11-32-24-9-8-17(3)16-27-24/h8-9,12-13,16,19H,6-7,10-11,14-15H2,1-5H3.